The lowest BCUT2D eigenvalue weighted by Crippen LogP contribution is -2.46. The molecule has 0 bridgehead atoms. The van der Waals surface area contributed by atoms with Gasteiger partial charge in [-0.3, -0.25) is 4.90 Å². The van der Waals surface area contributed by atoms with Gasteiger partial charge in [0.05, 0.1) is 0 Å². The molecule has 2 rings (SSSR count). The number of rotatable bonds is 4. The molecular formula is C16H26N2. The first-order valence-electron chi connectivity index (χ1n) is 7.22. The largest absolute Gasteiger partial charge is 0.317 e. The van der Waals surface area contributed by atoms with Crippen molar-refractivity contribution in [3.05, 3.63) is 35.4 Å². The van der Waals surface area contributed by atoms with Gasteiger partial charge >= 0.3 is 0 Å². The lowest BCUT2D eigenvalue weighted by atomic mass is 9.96. The van der Waals surface area contributed by atoms with Crippen molar-refractivity contribution >= 4 is 0 Å². The van der Waals surface area contributed by atoms with Gasteiger partial charge in [0.1, 0.15) is 0 Å². The number of nitrogens with one attached hydrogen (secondary N) is 1. The molecule has 100 valence electrons. The SMILES string of the molecule is CCc1ccccc1CN1CCC(NC)CC1C. The number of piperidine rings is 1. The second-order valence-electron chi connectivity index (χ2n) is 5.45. The fourth-order valence-electron chi connectivity index (χ4n) is 2.99. The van der Waals surface area contributed by atoms with Crippen LogP contribution in [0.1, 0.15) is 37.8 Å². The molecule has 2 nitrogen and oxygen atoms in total. The molecule has 0 saturated carbocycles. The molecule has 1 aliphatic heterocycles. The quantitative estimate of drug-likeness (QED) is 0.879. The van der Waals surface area contributed by atoms with Crippen molar-refractivity contribution < 1.29 is 0 Å². The lowest BCUT2D eigenvalue weighted by molar-refractivity contribution is 0.131. The second kappa shape index (κ2) is 6.35. The van der Waals surface area contributed by atoms with Crippen molar-refractivity contribution in [3.63, 3.8) is 0 Å². The highest BCUT2D eigenvalue weighted by molar-refractivity contribution is 5.27. The zero-order chi connectivity index (χ0) is 13.0. The molecule has 1 fully saturated rings. The molecule has 2 atom stereocenters. The Labute approximate surface area is 111 Å². The molecule has 0 amide bonds. The summed E-state index contributed by atoms with van der Waals surface area (Å²) in [6.07, 6.45) is 3.68. The highest BCUT2D eigenvalue weighted by atomic mass is 15.2. The first-order chi connectivity index (χ1) is 8.74. The molecule has 0 radical (unpaired) electrons. The number of hydrogen-bond acceptors (Lipinski definition) is 2. The Bertz CT molecular complexity index is 375. The highest BCUT2D eigenvalue weighted by Crippen LogP contribution is 2.21. The van der Waals surface area contributed by atoms with Crippen LogP contribution in [-0.4, -0.2) is 30.6 Å². The summed E-state index contributed by atoms with van der Waals surface area (Å²) in [5.74, 6) is 0. The molecule has 0 spiro atoms. The van der Waals surface area contributed by atoms with Gasteiger partial charge in [-0.05, 0) is 44.4 Å². The zero-order valence-electron chi connectivity index (χ0n) is 11.9. The number of benzene rings is 1. The standard InChI is InChI=1S/C16H26N2/c1-4-14-7-5-6-8-15(14)12-18-10-9-16(17-3)11-13(18)2/h5-8,13,16-17H,4,9-12H2,1-3H3. The van der Waals surface area contributed by atoms with Gasteiger partial charge in [0, 0.05) is 25.2 Å². The van der Waals surface area contributed by atoms with Crippen LogP contribution in [0.5, 0.6) is 0 Å². The third-order valence-electron chi connectivity index (χ3n) is 4.29. The molecule has 1 aromatic carbocycles. The van der Waals surface area contributed by atoms with Crippen molar-refractivity contribution in [2.45, 2.75) is 51.7 Å². The number of nitrogens with zero attached hydrogens (tertiary/aromatic N) is 1. The van der Waals surface area contributed by atoms with Gasteiger partial charge < -0.3 is 5.32 Å². The maximum absolute atomic E-state index is 3.41. The Hall–Kier alpha value is -0.860. The smallest absolute Gasteiger partial charge is 0.0239 e. The Balaban J connectivity index is 2.01. The molecule has 0 aliphatic carbocycles. The Kier molecular flexibility index (Phi) is 4.79. The van der Waals surface area contributed by atoms with Gasteiger partial charge in [0.2, 0.25) is 0 Å². The van der Waals surface area contributed by atoms with Gasteiger partial charge in [-0.15, -0.1) is 0 Å². The maximum Gasteiger partial charge on any atom is 0.0239 e. The van der Waals surface area contributed by atoms with E-state index in [1.54, 1.807) is 0 Å². The van der Waals surface area contributed by atoms with E-state index in [1.165, 1.54) is 30.5 Å². The normalized spacial score (nSPS) is 25.3. The van der Waals surface area contributed by atoms with Crippen molar-refractivity contribution in [2.75, 3.05) is 13.6 Å². The van der Waals surface area contributed by atoms with Gasteiger partial charge in [0.15, 0.2) is 0 Å². The molecule has 18 heavy (non-hydrogen) atoms. The average Bonchev–Trinajstić information content (AvgIpc) is 2.41. The Morgan fingerprint density at radius 1 is 1.28 bits per heavy atom. The predicted molar refractivity (Wildman–Crippen MR) is 77.8 cm³/mol. The molecule has 2 heteroatoms. The van der Waals surface area contributed by atoms with Crippen LogP contribution in [0.25, 0.3) is 0 Å². The molecule has 1 aliphatic rings. The van der Waals surface area contributed by atoms with Gasteiger partial charge in [-0.1, -0.05) is 31.2 Å². The molecule has 1 N–H and O–H groups in total. The van der Waals surface area contributed by atoms with Crippen LogP contribution in [0, 0.1) is 0 Å². The van der Waals surface area contributed by atoms with Crippen LogP contribution in [0.3, 0.4) is 0 Å². The van der Waals surface area contributed by atoms with Crippen LogP contribution in [0.4, 0.5) is 0 Å². The monoisotopic (exact) mass is 246 g/mol. The minimum atomic E-state index is 0.682. The first kappa shape index (κ1) is 13.6. The molecule has 2 unspecified atom stereocenters. The van der Waals surface area contributed by atoms with Crippen molar-refractivity contribution in [1.82, 2.24) is 10.2 Å². The van der Waals surface area contributed by atoms with E-state index in [4.69, 9.17) is 0 Å². The fourth-order valence-corrected chi connectivity index (χ4v) is 2.99. The van der Waals surface area contributed by atoms with Crippen molar-refractivity contribution in [3.8, 4) is 0 Å². The summed E-state index contributed by atoms with van der Waals surface area (Å²) in [5.41, 5.74) is 3.01. The first-order valence-corrected chi connectivity index (χ1v) is 7.22. The van der Waals surface area contributed by atoms with Crippen LogP contribution in [0.2, 0.25) is 0 Å². The van der Waals surface area contributed by atoms with Crippen molar-refractivity contribution in [2.24, 2.45) is 0 Å². The summed E-state index contributed by atoms with van der Waals surface area (Å²) in [4.78, 5) is 2.63. The third kappa shape index (κ3) is 3.12. The van der Waals surface area contributed by atoms with Crippen LogP contribution in [-0.2, 0) is 13.0 Å². The second-order valence-corrected chi connectivity index (χ2v) is 5.45. The number of aryl methyl sites for hydroxylation is 1. The van der Waals surface area contributed by atoms with Crippen LogP contribution >= 0.6 is 0 Å². The molecule has 1 heterocycles. The lowest BCUT2D eigenvalue weighted by Gasteiger charge is -2.38. The average molecular weight is 246 g/mol. The van der Waals surface area contributed by atoms with Gasteiger partial charge in [-0.25, -0.2) is 0 Å². The van der Waals surface area contributed by atoms with Gasteiger partial charge in [-0.2, -0.15) is 0 Å². The summed E-state index contributed by atoms with van der Waals surface area (Å²) in [5, 5.41) is 3.41. The molecule has 1 saturated heterocycles. The van der Waals surface area contributed by atoms with Crippen LogP contribution < -0.4 is 5.32 Å². The van der Waals surface area contributed by atoms with E-state index in [0.717, 1.165) is 13.0 Å². The summed E-state index contributed by atoms with van der Waals surface area (Å²) in [6, 6.07) is 10.3. The highest BCUT2D eigenvalue weighted by Gasteiger charge is 2.24. The summed E-state index contributed by atoms with van der Waals surface area (Å²) >= 11 is 0. The fraction of sp³-hybridized carbons (Fsp3) is 0.625. The Morgan fingerprint density at radius 2 is 2.00 bits per heavy atom. The van der Waals surface area contributed by atoms with E-state index in [2.05, 4.69) is 55.4 Å². The zero-order valence-corrected chi connectivity index (χ0v) is 11.9. The molecule has 1 aromatic rings. The topological polar surface area (TPSA) is 15.3 Å². The molecular weight excluding hydrogens is 220 g/mol. The summed E-state index contributed by atoms with van der Waals surface area (Å²) < 4.78 is 0. The summed E-state index contributed by atoms with van der Waals surface area (Å²) in [6.45, 7) is 6.93. The number of likely N-dealkylation sites (tertiary alicyclic amines) is 1. The van der Waals surface area contributed by atoms with Crippen LogP contribution in [0.15, 0.2) is 24.3 Å². The predicted octanol–water partition coefficient (Wildman–Crippen LogP) is 2.82. The van der Waals surface area contributed by atoms with E-state index >= 15 is 0 Å². The van der Waals surface area contributed by atoms with E-state index in [0.29, 0.717) is 12.1 Å². The van der Waals surface area contributed by atoms with E-state index in [1.807, 2.05) is 0 Å². The van der Waals surface area contributed by atoms with Gasteiger partial charge in [0.25, 0.3) is 0 Å². The third-order valence-corrected chi connectivity index (χ3v) is 4.29. The minimum absolute atomic E-state index is 0.682. The number of hydrogen-bond donors (Lipinski definition) is 1. The summed E-state index contributed by atoms with van der Waals surface area (Å²) in [7, 11) is 2.08. The Morgan fingerprint density at radius 3 is 2.61 bits per heavy atom. The van der Waals surface area contributed by atoms with Crippen molar-refractivity contribution in [1.29, 1.82) is 0 Å². The van der Waals surface area contributed by atoms with E-state index < -0.39 is 0 Å². The van der Waals surface area contributed by atoms with E-state index in [-0.39, 0.29) is 0 Å². The molecule has 0 aromatic heterocycles. The minimum Gasteiger partial charge on any atom is -0.317 e. The van der Waals surface area contributed by atoms with E-state index in [9.17, 15) is 0 Å². The maximum atomic E-state index is 3.41.